The summed E-state index contributed by atoms with van der Waals surface area (Å²) in [7, 11) is 1.62. The molecular formula is C14H25N3O2S. The number of carbonyl (C=O) groups excluding carboxylic acids is 1. The summed E-state index contributed by atoms with van der Waals surface area (Å²) in [5.41, 5.74) is 0. The lowest BCUT2D eigenvalue weighted by Gasteiger charge is -2.29. The Labute approximate surface area is 125 Å². The third kappa shape index (κ3) is 5.48. The fourth-order valence-corrected chi connectivity index (χ4v) is 2.93. The molecule has 2 N–H and O–H groups in total. The highest BCUT2D eigenvalue weighted by Crippen LogP contribution is 2.24. The van der Waals surface area contributed by atoms with E-state index >= 15 is 0 Å². The Hall–Kier alpha value is -1.11. The number of thiophene rings is 1. The summed E-state index contributed by atoms with van der Waals surface area (Å²) in [6.07, 6.45) is 0. The van der Waals surface area contributed by atoms with Gasteiger partial charge in [-0.1, -0.05) is 19.9 Å². The van der Waals surface area contributed by atoms with Gasteiger partial charge in [0.1, 0.15) is 0 Å². The molecule has 1 aromatic rings. The Balaban J connectivity index is 2.51. The van der Waals surface area contributed by atoms with E-state index in [1.807, 2.05) is 0 Å². The highest BCUT2D eigenvalue weighted by molar-refractivity contribution is 7.10. The Morgan fingerprint density at radius 1 is 1.40 bits per heavy atom. The monoisotopic (exact) mass is 299 g/mol. The summed E-state index contributed by atoms with van der Waals surface area (Å²) < 4.78 is 4.90. The van der Waals surface area contributed by atoms with E-state index < -0.39 is 0 Å². The van der Waals surface area contributed by atoms with Crippen LogP contribution in [0.4, 0.5) is 4.79 Å². The van der Waals surface area contributed by atoms with Gasteiger partial charge in [-0.15, -0.1) is 11.3 Å². The van der Waals surface area contributed by atoms with Crippen LogP contribution in [0.15, 0.2) is 17.5 Å². The van der Waals surface area contributed by atoms with Crippen molar-refractivity contribution >= 4 is 17.4 Å². The molecule has 2 amide bonds. The van der Waals surface area contributed by atoms with Crippen molar-refractivity contribution in [3.63, 3.8) is 0 Å². The van der Waals surface area contributed by atoms with E-state index in [-0.39, 0.29) is 12.1 Å². The molecule has 0 spiro atoms. The van der Waals surface area contributed by atoms with Crippen LogP contribution in [0.3, 0.4) is 0 Å². The summed E-state index contributed by atoms with van der Waals surface area (Å²) in [5.74, 6) is 0. The third-order valence-corrected chi connectivity index (χ3v) is 4.15. The fourth-order valence-electron chi connectivity index (χ4n) is 2.07. The maximum Gasteiger partial charge on any atom is 0.314 e. The molecule has 0 saturated heterocycles. The van der Waals surface area contributed by atoms with E-state index in [2.05, 4.69) is 46.9 Å². The lowest BCUT2D eigenvalue weighted by molar-refractivity contribution is 0.191. The largest absolute Gasteiger partial charge is 0.383 e. The summed E-state index contributed by atoms with van der Waals surface area (Å²) in [4.78, 5) is 15.3. The molecule has 6 heteroatoms. The van der Waals surface area contributed by atoms with Crippen molar-refractivity contribution in [1.29, 1.82) is 0 Å². The molecule has 0 aliphatic rings. The van der Waals surface area contributed by atoms with Gasteiger partial charge in [-0.3, -0.25) is 4.90 Å². The van der Waals surface area contributed by atoms with E-state index in [0.717, 1.165) is 13.1 Å². The van der Waals surface area contributed by atoms with Crippen molar-refractivity contribution in [2.75, 3.05) is 39.9 Å². The predicted octanol–water partition coefficient (Wildman–Crippen LogP) is 2.08. The van der Waals surface area contributed by atoms with Gasteiger partial charge in [-0.2, -0.15) is 0 Å². The first-order valence-corrected chi connectivity index (χ1v) is 7.88. The number of rotatable bonds is 9. The maximum atomic E-state index is 11.7. The molecule has 0 aliphatic carbocycles. The zero-order chi connectivity index (χ0) is 14.8. The van der Waals surface area contributed by atoms with Gasteiger partial charge in [0.25, 0.3) is 0 Å². The van der Waals surface area contributed by atoms with E-state index in [1.54, 1.807) is 18.4 Å². The molecule has 1 rings (SSSR count). The summed E-state index contributed by atoms with van der Waals surface area (Å²) in [5, 5.41) is 7.78. The number of hydrogen-bond acceptors (Lipinski definition) is 4. The summed E-state index contributed by atoms with van der Waals surface area (Å²) in [6.45, 7) is 7.87. The van der Waals surface area contributed by atoms with Crippen LogP contribution < -0.4 is 10.6 Å². The minimum absolute atomic E-state index is 0.143. The van der Waals surface area contributed by atoms with Gasteiger partial charge in [0.2, 0.25) is 0 Å². The average Bonchev–Trinajstić information content (AvgIpc) is 2.97. The Morgan fingerprint density at radius 2 is 2.15 bits per heavy atom. The van der Waals surface area contributed by atoms with Gasteiger partial charge in [0.15, 0.2) is 0 Å². The van der Waals surface area contributed by atoms with Crippen LogP contribution in [-0.4, -0.2) is 50.8 Å². The second-order valence-electron chi connectivity index (χ2n) is 4.38. The van der Waals surface area contributed by atoms with Gasteiger partial charge in [0.05, 0.1) is 12.6 Å². The zero-order valence-corrected chi connectivity index (χ0v) is 13.3. The Morgan fingerprint density at radius 3 is 2.70 bits per heavy atom. The van der Waals surface area contributed by atoms with Crippen molar-refractivity contribution in [3.8, 4) is 0 Å². The Kier molecular flexibility index (Phi) is 8.25. The van der Waals surface area contributed by atoms with Gasteiger partial charge in [-0.05, 0) is 24.5 Å². The first-order valence-electron chi connectivity index (χ1n) is 7.01. The smallest absolute Gasteiger partial charge is 0.314 e. The van der Waals surface area contributed by atoms with Crippen molar-refractivity contribution < 1.29 is 9.53 Å². The van der Waals surface area contributed by atoms with E-state index in [9.17, 15) is 4.79 Å². The lowest BCUT2D eigenvalue weighted by atomic mass is 10.2. The molecule has 0 aliphatic heterocycles. The quantitative estimate of drug-likeness (QED) is 0.686. The molecule has 0 aromatic carbocycles. The molecular weight excluding hydrogens is 274 g/mol. The number of amides is 2. The number of nitrogens with one attached hydrogen (secondary N) is 2. The van der Waals surface area contributed by atoms with Crippen molar-refractivity contribution in [2.24, 2.45) is 0 Å². The summed E-state index contributed by atoms with van der Waals surface area (Å²) in [6, 6.07) is 4.27. The number of likely N-dealkylation sites (N-methyl/N-ethyl adjacent to an activating group) is 1. The second kappa shape index (κ2) is 9.74. The van der Waals surface area contributed by atoms with E-state index in [1.165, 1.54) is 4.88 Å². The standard InChI is InChI=1S/C14H25N3O2S/c1-4-17(5-2)12(13-7-6-10-20-13)11-16-14(18)15-8-9-19-3/h6-7,10,12H,4-5,8-9,11H2,1-3H3,(H2,15,16,18). The molecule has 1 heterocycles. The highest BCUT2D eigenvalue weighted by Gasteiger charge is 2.19. The van der Waals surface area contributed by atoms with Gasteiger partial charge < -0.3 is 15.4 Å². The van der Waals surface area contributed by atoms with Crippen LogP contribution in [0.2, 0.25) is 0 Å². The van der Waals surface area contributed by atoms with Crippen molar-refractivity contribution in [2.45, 2.75) is 19.9 Å². The van der Waals surface area contributed by atoms with E-state index in [0.29, 0.717) is 19.7 Å². The molecule has 1 unspecified atom stereocenters. The minimum Gasteiger partial charge on any atom is -0.383 e. The number of ether oxygens (including phenoxy) is 1. The molecule has 5 nitrogen and oxygen atoms in total. The third-order valence-electron chi connectivity index (χ3n) is 3.17. The topological polar surface area (TPSA) is 53.6 Å². The summed E-state index contributed by atoms with van der Waals surface area (Å²) >= 11 is 1.73. The number of methoxy groups -OCH3 is 1. The van der Waals surface area contributed by atoms with Crippen LogP contribution >= 0.6 is 11.3 Å². The van der Waals surface area contributed by atoms with Crippen LogP contribution in [0.25, 0.3) is 0 Å². The first-order chi connectivity index (χ1) is 9.72. The molecule has 1 atom stereocenters. The molecule has 0 radical (unpaired) electrons. The SMILES string of the molecule is CCN(CC)C(CNC(=O)NCCOC)c1cccs1. The van der Waals surface area contributed by atoms with Crippen molar-refractivity contribution in [1.82, 2.24) is 15.5 Å². The number of carbonyl (C=O) groups is 1. The second-order valence-corrected chi connectivity index (χ2v) is 5.36. The molecule has 0 fully saturated rings. The fraction of sp³-hybridized carbons (Fsp3) is 0.643. The van der Waals surface area contributed by atoms with Crippen LogP contribution in [0.5, 0.6) is 0 Å². The minimum atomic E-state index is -0.143. The zero-order valence-electron chi connectivity index (χ0n) is 12.5. The van der Waals surface area contributed by atoms with Gasteiger partial charge in [-0.25, -0.2) is 4.79 Å². The van der Waals surface area contributed by atoms with Gasteiger partial charge in [0, 0.05) is 25.1 Å². The van der Waals surface area contributed by atoms with Crippen LogP contribution in [-0.2, 0) is 4.74 Å². The van der Waals surface area contributed by atoms with Crippen LogP contribution in [0, 0.1) is 0 Å². The predicted molar refractivity (Wildman–Crippen MR) is 83.3 cm³/mol. The highest BCUT2D eigenvalue weighted by atomic mass is 32.1. The maximum absolute atomic E-state index is 11.7. The number of nitrogens with zero attached hydrogens (tertiary/aromatic N) is 1. The molecule has 0 bridgehead atoms. The van der Waals surface area contributed by atoms with Crippen LogP contribution in [0.1, 0.15) is 24.8 Å². The number of urea groups is 1. The lowest BCUT2D eigenvalue weighted by Crippen LogP contribution is -2.42. The van der Waals surface area contributed by atoms with Gasteiger partial charge >= 0.3 is 6.03 Å². The van der Waals surface area contributed by atoms with Crippen molar-refractivity contribution in [3.05, 3.63) is 22.4 Å². The molecule has 20 heavy (non-hydrogen) atoms. The number of hydrogen-bond donors (Lipinski definition) is 2. The first kappa shape index (κ1) is 16.9. The normalized spacial score (nSPS) is 12.4. The molecule has 0 saturated carbocycles. The van der Waals surface area contributed by atoms with E-state index in [4.69, 9.17) is 4.74 Å². The molecule has 1 aromatic heterocycles. The Bertz CT molecular complexity index is 367. The average molecular weight is 299 g/mol. The molecule has 114 valence electrons.